The lowest BCUT2D eigenvalue weighted by molar-refractivity contribution is -0.141. The number of thiophene rings is 2. The molecule has 1 aliphatic carbocycles. The first-order chi connectivity index (χ1) is 15.1. The van der Waals surface area contributed by atoms with E-state index in [0.29, 0.717) is 0 Å². The van der Waals surface area contributed by atoms with Crippen molar-refractivity contribution in [2.45, 2.75) is 50.7 Å². The Morgan fingerprint density at radius 3 is 2.52 bits per heavy atom. The minimum Gasteiger partial charge on any atom is -0.351 e. The number of hydrogen-bond acceptors (Lipinski definition) is 4. The number of amides is 2. The van der Waals surface area contributed by atoms with Crippen molar-refractivity contribution < 1.29 is 14.0 Å². The summed E-state index contributed by atoms with van der Waals surface area (Å²) in [6.45, 7) is 0.239. The molecule has 4 nitrogen and oxygen atoms in total. The molecule has 1 atom stereocenters. The van der Waals surface area contributed by atoms with Gasteiger partial charge in [0.25, 0.3) is 0 Å². The van der Waals surface area contributed by atoms with Gasteiger partial charge in [-0.2, -0.15) is 11.3 Å². The van der Waals surface area contributed by atoms with Gasteiger partial charge in [0, 0.05) is 17.5 Å². The van der Waals surface area contributed by atoms with E-state index in [2.05, 4.69) is 5.32 Å². The number of nitrogens with one attached hydrogen (secondary N) is 1. The molecule has 2 heterocycles. The average molecular weight is 457 g/mol. The van der Waals surface area contributed by atoms with Crippen molar-refractivity contribution in [1.82, 2.24) is 10.2 Å². The molecular weight excluding hydrogens is 431 g/mol. The van der Waals surface area contributed by atoms with Gasteiger partial charge in [0.1, 0.15) is 11.9 Å². The van der Waals surface area contributed by atoms with Crippen LogP contribution in [0.1, 0.15) is 47.7 Å². The van der Waals surface area contributed by atoms with Crippen LogP contribution in [0.25, 0.3) is 0 Å². The van der Waals surface area contributed by atoms with Crippen LogP contribution >= 0.6 is 22.7 Å². The summed E-state index contributed by atoms with van der Waals surface area (Å²) < 4.78 is 13.4. The fraction of sp³-hybridized carbons (Fsp3) is 0.333. The first-order valence-corrected chi connectivity index (χ1v) is 12.3. The van der Waals surface area contributed by atoms with Crippen molar-refractivity contribution in [2.75, 3.05) is 0 Å². The molecule has 1 aliphatic rings. The van der Waals surface area contributed by atoms with Crippen molar-refractivity contribution in [3.8, 4) is 0 Å². The van der Waals surface area contributed by atoms with Gasteiger partial charge >= 0.3 is 0 Å². The van der Waals surface area contributed by atoms with Gasteiger partial charge in [-0.25, -0.2) is 4.39 Å². The Balaban J connectivity index is 1.64. The van der Waals surface area contributed by atoms with E-state index >= 15 is 0 Å². The summed E-state index contributed by atoms with van der Waals surface area (Å²) in [5.74, 6) is -0.593. The molecule has 2 amide bonds. The summed E-state index contributed by atoms with van der Waals surface area (Å²) in [5, 5.41) is 8.96. The van der Waals surface area contributed by atoms with Crippen LogP contribution in [-0.2, 0) is 22.6 Å². The minimum absolute atomic E-state index is 0.121. The van der Waals surface area contributed by atoms with Gasteiger partial charge in [-0.1, -0.05) is 31.0 Å². The maximum atomic E-state index is 13.4. The fourth-order valence-electron chi connectivity index (χ4n) is 4.03. The summed E-state index contributed by atoms with van der Waals surface area (Å²) in [4.78, 5) is 29.5. The summed E-state index contributed by atoms with van der Waals surface area (Å²) in [7, 11) is 0. The lowest BCUT2D eigenvalue weighted by Crippen LogP contribution is -2.46. The zero-order valence-electron chi connectivity index (χ0n) is 17.1. The topological polar surface area (TPSA) is 49.4 Å². The van der Waals surface area contributed by atoms with Crippen LogP contribution in [0.3, 0.4) is 0 Å². The van der Waals surface area contributed by atoms with Gasteiger partial charge in [-0.15, -0.1) is 11.3 Å². The predicted octanol–water partition coefficient (Wildman–Crippen LogP) is 5.32. The molecule has 1 unspecified atom stereocenters. The SMILES string of the molecule is O=C(NC1CCCC1)C(c1ccsc1)N(Cc1ccc(F)cc1)C(=O)Cc1cccs1. The van der Waals surface area contributed by atoms with Gasteiger partial charge < -0.3 is 10.2 Å². The van der Waals surface area contributed by atoms with E-state index in [1.165, 1.54) is 34.8 Å². The molecule has 0 saturated heterocycles. The quantitative estimate of drug-likeness (QED) is 0.499. The minimum atomic E-state index is -0.718. The lowest BCUT2D eigenvalue weighted by Gasteiger charge is -2.32. The van der Waals surface area contributed by atoms with Crippen LogP contribution in [-0.4, -0.2) is 22.8 Å². The first kappa shape index (κ1) is 21.7. The molecule has 162 valence electrons. The molecule has 1 aromatic carbocycles. The molecule has 1 N–H and O–H groups in total. The normalized spacial score (nSPS) is 15.0. The zero-order chi connectivity index (χ0) is 21.6. The number of halogens is 1. The van der Waals surface area contributed by atoms with Crippen LogP contribution in [0.15, 0.2) is 58.6 Å². The van der Waals surface area contributed by atoms with Crippen molar-refractivity contribution in [1.29, 1.82) is 0 Å². The third-order valence-electron chi connectivity index (χ3n) is 5.61. The van der Waals surface area contributed by atoms with Crippen LogP contribution in [0.5, 0.6) is 0 Å². The second-order valence-corrected chi connectivity index (χ2v) is 9.67. The van der Waals surface area contributed by atoms with Crippen LogP contribution in [0, 0.1) is 5.82 Å². The van der Waals surface area contributed by atoms with Crippen LogP contribution < -0.4 is 5.32 Å². The fourth-order valence-corrected chi connectivity index (χ4v) is 5.40. The largest absolute Gasteiger partial charge is 0.351 e. The molecule has 0 spiro atoms. The molecule has 4 rings (SSSR count). The third-order valence-corrected chi connectivity index (χ3v) is 7.19. The number of carbonyl (C=O) groups is 2. The maximum absolute atomic E-state index is 13.4. The predicted molar refractivity (Wildman–Crippen MR) is 122 cm³/mol. The monoisotopic (exact) mass is 456 g/mol. The Labute approximate surface area is 189 Å². The Morgan fingerprint density at radius 1 is 1.10 bits per heavy atom. The average Bonchev–Trinajstić information content (AvgIpc) is 3.53. The van der Waals surface area contributed by atoms with E-state index in [0.717, 1.165) is 41.7 Å². The molecule has 1 fully saturated rings. The highest BCUT2D eigenvalue weighted by molar-refractivity contribution is 7.10. The standard InChI is InChI=1S/C24H25FN2O2S2/c25-19-9-7-17(8-10-19)15-27(22(28)14-21-6-3-12-31-21)23(18-11-13-30-16-18)24(29)26-20-4-1-2-5-20/h3,6-13,16,20,23H,1-2,4-5,14-15H2,(H,26,29). The van der Waals surface area contributed by atoms with E-state index in [9.17, 15) is 14.0 Å². The summed E-state index contributed by atoms with van der Waals surface area (Å²) in [6, 6.07) is 11.3. The molecule has 7 heteroatoms. The lowest BCUT2D eigenvalue weighted by atomic mass is 10.0. The molecule has 2 aromatic heterocycles. The van der Waals surface area contributed by atoms with Gasteiger partial charge in [-0.3, -0.25) is 9.59 Å². The molecule has 0 radical (unpaired) electrons. The Bertz CT molecular complexity index is 981. The highest BCUT2D eigenvalue weighted by Crippen LogP contribution is 2.28. The third kappa shape index (κ3) is 5.60. The number of hydrogen-bond donors (Lipinski definition) is 1. The van der Waals surface area contributed by atoms with Crippen LogP contribution in [0.4, 0.5) is 4.39 Å². The Morgan fingerprint density at radius 2 is 1.87 bits per heavy atom. The summed E-state index contributed by atoms with van der Waals surface area (Å²) >= 11 is 3.03. The maximum Gasteiger partial charge on any atom is 0.247 e. The summed E-state index contributed by atoms with van der Waals surface area (Å²) in [5.41, 5.74) is 1.59. The molecule has 31 heavy (non-hydrogen) atoms. The van der Waals surface area contributed by atoms with E-state index < -0.39 is 6.04 Å². The van der Waals surface area contributed by atoms with Crippen molar-refractivity contribution >= 4 is 34.5 Å². The van der Waals surface area contributed by atoms with Crippen molar-refractivity contribution in [3.05, 3.63) is 80.4 Å². The summed E-state index contributed by atoms with van der Waals surface area (Å²) in [6.07, 6.45) is 4.41. The zero-order valence-corrected chi connectivity index (χ0v) is 18.8. The van der Waals surface area contributed by atoms with Gasteiger partial charge in [-0.05, 0) is 64.4 Å². The smallest absolute Gasteiger partial charge is 0.247 e. The number of rotatable bonds is 8. The van der Waals surface area contributed by atoms with E-state index in [1.807, 2.05) is 34.3 Å². The first-order valence-electron chi connectivity index (χ1n) is 10.5. The molecule has 0 aliphatic heterocycles. The second-order valence-electron chi connectivity index (χ2n) is 7.85. The Hall–Kier alpha value is -2.51. The number of nitrogens with zero attached hydrogens (tertiary/aromatic N) is 1. The van der Waals surface area contributed by atoms with Gasteiger partial charge in [0.15, 0.2) is 0 Å². The van der Waals surface area contributed by atoms with E-state index in [1.54, 1.807) is 17.0 Å². The van der Waals surface area contributed by atoms with Crippen LogP contribution in [0.2, 0.25) is 0 Å². The van der Waals surface area contributed by atoms with Gasteiger partial charge in [0.05, 0.1) is 6.42 Å². The highest BCUT2D eigenvalue weighted by atomic mass is 32.1. The molecule has 3 aromatic rings. The van der Waals surface area contributed by atoms with Crippen molar-refractivity contribution in [2.24, 2.45) is 0 Å². The van der Waals surface area contributed by atoms with Crippen molar-refractivity contribution in [3.63, 3.8) is 0 Å². The van der Waals surface area contributed by atoms with E-state index in [-0.39, 0.29) is 36.6 Å². The van der Waals surface area contributed by atoms with E-state index in [4.69, 9.17) is 0 Å². The molecular formula is C24H25FN2O2S2. The number of benzene rings is 1. The molecule has 1 saturated carbocycles. The van der Waals surface area contributed by atoms with Gasteiger partial charge in [0.2, 0.25) is 11.8 Å². The second kappa shape index (κ2) is 10.2. The molecule has 0 bridgehead atoms. The Kier molecular flexibility index (Phi) is 7.14. The number of carbonyl (C=O) groups excluding carboxylic acids is 2. The highest BCUT2D eigenvalue weighted by Gasteiger charge is 2.33.